The fourth-order valence-corrected chi connectivity index (χ4v) is 1.65. The summed E-state index contributed by atoms with van der Waals surface area (Å²) in [6.07, 6.45) is -0.130. The van der Waals surface area contributed by atoms with Crippen LogP contribution in [0.1, 0.15) is 12.0 Å². The molecule has 0 heterocycles. The van der Waals surface area contributed by atoms with Gasteiger partial charge in [-0.1, -0.05) is 15.9 Å². The number of hydrogen-bond donors (Lipinski definition) is 2. The molecule has 0 aliphatic rings. The maximum absolute atomic E-state index is 11.8. The number of carboxylic acid groups (broad SMARTS) is 1. The molecule has 1 aromatic rings. The molecule has 0 unspecified atom stereocenters. The zero-order valence-corrected chi connectivity index (χ0v) is 11.8. The van der Waals surface area contributed by atoms with Crippen LogP contribution in [0.2, 0.25) is 0 Å². The van der Waals surface area contributed by atoms with E-state index in [0.29, 0.717) is 11.3 Å². The number of nitriles is 1. The maximum Gasteiger partial charge on any atom is 0.321 e. The second-order valence-corrected chi connectivity index (χ2v) is 4.71. The van der Waals surface area contributed by atoms with Gasteiger partial charge in [-0.05, 0) is 18.2 Å². The summed E-state index contributed by atoms with van der Waals surface area (Å²) in [4.78, 5) is 23.4. The molecule has 7 heteroatoms. The third-order valence-corrected chi connectivity index (χ3v) is 2.84. The number of benzene rings is 1. The minimum Gasteiger partial charge on any atom is -0.481 e. The van der Waals surface area contributed by atoms with Crippen molar-refractivity contribution in [2.75, 3.05) is 18.9 Å². The number of urea groups is 1. The van der Waals surface area contributed by atoms with Crippen molar-refractivity contribution in [3.63, 3.8) is 0 Å². The summed E-state index contributed by atoms with van der Waals surface area (Å²) >= 11 is 3.23. The van der Waals surface area contributed by atoms with Gasteiger partial charge >= 0.3 is 12.0 Å². The zero-order valence-electron chi connectivity index (χ0n) is 10.2. The van der Waals surface area contributed by atoms with Gasteiger partial charge in [0.25, 0.3) is 0 Å². The van der Waals surface area contributed by atoms with Crippen LogP contribution < -0.4 is 5.32 Å². The smallest absolute Gasteiger partial charge is 0.321 e. The predicted molar refractivity (Wildman–Crippen MR) is 72.8 cm³/mol. The lowest BCUT2D eigenvalue weighted by Gasteiger charge is -2.17. The van der Waals surface area contributed by atoms with Crippen molar-refractivity contribution < 1.29 is 14.7 Å². The van der Waals surface area contributed by atoms with Crippen LogP contribution in [0.15, 0.2) is 22.7 Å². The Morgan fingerprint density at radius 3 is 2.79 bits per heavy atom. The van der Waals surface area contributed by atoms with Gasteiger partial charge < -0.3 is 15.3 Å². The number of rotatable bonds is 4. The summed E-state index contributed by atoms with van der Waals surface area (Å²) in [5, 5.41) is 20.1. The fourth-order valence-electron chi connectivity index (χ4n) is 1.29. The zero-order chi connectivity index (χ0) is 14.4. The van der Waals surface area contributed by atoms with Gasteiger partial charge in [-0.3, -0.25) is 4.79 Å². The Morgan fingerprint density at radius 1 is 1.53 bits per heavy atom. The molecular weight excluding hydrogens is 314 g/mol. The number of carboxylic acids is 1. The van der Waals surface area contributed by atoms with Crippen molar-refractivity contribution in [1.29, 1.82) is 5.26 Å². The van der Waals surface area contributed by atoms with Gasteiger partial charge in [-0.15, -0.1) is 0 Å². The monoisotopic (exact) mass is 325 g/mol. The lowest BCUT2D eigenvalue weighted by molar-refractivity contribution is -0.137. The second-order valence-electron chi connectivity index (χ2n) is 3.80. The first-order chi connectivity index (χ1) is 8.93. The van der Waals surface area contributed by atoms with Crippen molar-refractivity contribution in [3.05, 3.63) is 28.2 Å². The van der Waals surface area contributed by atoms with E-state index < -0.39 is 12.0 Å². The molecule has 0 spiro atoms. The van der Waals surface area contributed by atoms with Gasteiger partial charge in [-0.2, -0.15) is 5.26 Å². The number of amides is 2. The number of nitrogens with zero attached hydrogens (tertiary/aromatic N) is 2. The highest BCUT2D eigenvalue weighted by Crippen LogP contribution is 2.20. The average Bonchev–Trinajstić information content (AvgIpc) is 2.37. The first-order valence-corrected chi connectivity index (χ1v) is 6.17. The molecule has 1 aromatic carbocycles. The largest absolute Gasteiger partial charge is 0.481 e. The predicted octanol–water partition coefficient (Wildman–Crippen LogP) is 2.26. The van der Waals surface area contributed by atoms with Crippen molar-refractivity contribution in [2.45, 2.75) is 6.42 Å². The molecule has 0 bridgehead atoms. The Bertz CT molecular complexity index is 540. The van der Waals surface area contributed by atoms with E-state index in [1.165, 1.54) is 11.9 Å². The van der Waals surface area contributed by atoms with E-state index in [9.17, 15) is 9.59 Å². The van der Waals surface area contributed by atoms with Crippen molar-refractivity contribution in [2.24, 2.45) is 0 Å². The Hall–Kier alpha value is -2.07. The second kappa shape index (κ2) is 6.75. The van der Waals surface area contributed by atoms with E-state index in [1.54, 1.807) is 18.2 Å². The van der Waals surface area contributed by atoms with Gasteiger partial charge in [0.1, 0.15) is 6.07 Å². The summed E-state index contributed by atoms with van der Waals surface area (Å²) in [6, 6.07) is 6.41. The molecule has 19 heavy (non-hydrogen) atoms. The third kappa shape index (κ3) is 4.60. The molecule has 0 atom stereocenters. The Kier molecular flexibility index (Phi) is 5.33. The summed E-state index contributed by atoms with van der Waals surface area (Å²) in [6.45, 7) is 0.0968. The Morgan fingerprint density at radius 2 is 2.21 bits per heavy atom. The number of carbonyl (C=O) groups excluding carboxylic acids is 1. The highest BCUT2D eigenvalue weighted by atomic mass is 79.9. The van der Waals surface area contributed by atoms with Crippen LogP contribution in [-0.4, -0.2) is 35.6 Å². The van der Waals surface area contributed by atoms with Crippen LogP contribution in [0.3, 0.4) is 0 Å². The van der Waals surface area contributed by atoms with Crippen LogP contribution in [0.4, 0.5) is 10.5 Å². The van der Waals surface area contributed by atoms with E-state index in [-0.39, 0.29) is 13.0 Å². The summed E-state index contributed by atoms with van der Waals surface area (Å²) in [5.74, 6) is -0.971. The van der Waals surface area contributed by atoms with Crippen LogP contribution in [0.5, 0.6) is 0 Å². The number of halogens is 1. The van der Waals surface area contributed by atoms with E-state index in [1.807, 2.05) is 6.07 Å². The van der Waals surface area contributed by atoms with Crippen molar-refractivity contribution >= 4 is 33.6 Å². The van der Waals surface area contributed by atoms with Gasteiger partial charge in [0.15, 0.2) is 0 Å². The molecule has 0 aromatic heterocycles. The van der Waals surface area contributed by atoms with Crippen molar-refractivity contribution in [1.82, 2.24) is 4.90 Å². The average molecular weight is 326 g/mol. The summed E-state index contributed by atoms with van der Waals surface area (Å²) in [7, 11) is 1.49. The minimum absolute atomic E-state index is 0.0968. The molecule has 100 valence electrons. The normalized spacial score (nSPS) is 9.53. The van der Waals surface area contributed by atoms with E-state index >= 15 is 0 Å². The Balaban J connectivity index is 2.72. The minimum atomic E-state index is -0.971. The molecular formula is C12H12BrN3O3. The number of carbonyl (C=O) groups is 2. The summed E-state index contributed by atoms with van der Waals surface area (Å²) < 4.78 is 0.737. The molecule has 0 fully saturated rings. The maximum atomic E-state index is 11.8. The number of aliphatic carboxylic acids is 1. The fraction of sp³-hybridized carbons (Fsp3) is 0.250. The lowest BCUT2D eigenvalue weighted by Crippen LogP contribution is -2.33. The topological polar surface area (TPSA) is 93.4 Å². The molecule has 0 saturated carbocycles. The van der Waals surface area contributed by atoms with Crippen LogP contribution >= 0.6 is 15.9 Å². The molecule has 0 radical (unpaired) electrons. The van der Waals surface area contributed by atoms with E-state index in [2.05, 4.69) is 21.2 Å². The van der Waals surface area contributed by atoms with Gasteiger partial charge in [0, 0.05) is 18.1 Å². The lowest BCUT2D eigenvalue weighted by atomic mass is 10.2. The van der Waals surface area contributed by atoms with Gasteiger partial charge in [-0.25, -0.2) is 4.79 Å². The third-order valence-electron chi connectivity index (χ3n) is 2.35. The molecule has 6 nitrogen and oxygen atoms in total. The highest BCUT2D eigenvalue weighted by Gasteiger charge is 2.12. The molecule has 0 saturated heterocycles. The highest BCUT2D eigenvalue weighted by molar-refractivity contribution is 9.10. The van der Waals surface area contributed by atoms with Gasteiger partial charge in [0.05, 0.1) is 17.7 Å². The number of nitrogens with one attached hydrogen (secondary N) is 1. The van der Waals surface area contributed by atoms with E-state index in [0.717, 1.165) is 4.47 Å². The Labute approximate surface area is 118 Å². The quantitative estimate of drug-likeness (QED) is 0.887. The first-order valence-electron chi connectivity index (χ1n) is 5.37. The number of anilines is 1. The molecule has 0 aliphatic carbocycles. The molecule has 2 N–H and O–H groups in total. The molecule has 2 amide bonds. The van der Waals surface area contributed by atoms with Crippen LogP contribution in [0, 0.1) is 11.3 Å². The SMILES string of the molecule is CN(CCC(=O)O)C(=O)Nc1ccc(Br)cc1C#N. The van der Waals surface area contributed by atoms with Crippen LogP contribution in [-0.2, 0) is 4.79 Å². The molecule has 0 aliphatic heterocycles. The van der Waals surface area contributed by atoms with Crippen LogP contribution in [0.25, 0.3) is 0 Å². The van der Waals surface area contributed by atoms with Gasteiger partial charge in [0.2, 0.25) is 0 Å². The van der Waals surface area contributed by atoms with Crippen molar-refractivity contribution in [3.8, 4) is 6.07 Å². The first kappa shape index (κ1) is 15.0. The number of hydrogen-bond acceptors (Lipinski definition) is 3. The summed E-state index contributed by atoms with van der Waals surface area (Å²) in [5.41, 5.74) is 0.715. The van der Waals surface area contributed by atoms with E-state index in [4.69, 9.17) is 10.4 Å². The molecule has 1 rings (SSSR count). The standard InChI is InChI=1S/C12H12BrN3O3/c1-16(5-4-11(17)18)12(19)15-10-3-2-9(13)6-8(10)7-14/h2-3,6H,4-5H2,1H3,(H,15,19)(H,17,18).